The molecular formula is C13H16FN3O3. The fourth-order valence-corrected chi connectivity index (χ4v) is 2.31. The highest BCUT2D eigenvalue weighted by Crippen LogP contribution is 2.27. The number of nitrogens with zero attached hydrogens (tertiary/aromatic N) is 2. The Bertz CT molecular complexity index is 548. The lowest BCUT2D eigenvalue weighted by atomic mass is 10.2. The van der Waals surface area contributed by atoms with Gasteiger partial charge in [0.25, 0.3) is 5.69 Å². The summed E-state index contributed by atoms with van der Waals surface area (Å²) in [5.41, 5.74) is -0.122. The number of nitrogens with one attached hydrogen (secondary N) is 1. The molecule has 1 amide bonds. The van der Waals surface area contributed by atoms with E-state index in [4.69, 9.17) is 0 Å². The number of hydrogen-bond donors (Lipinski definition) is 1. The number of amides is 1. The molecule has 2 rings (SSSR count). The molecule has 1 saturated heterocycles. The van der Waals surface area contributed by atoms with Crippen LogP contribution in [-0.4, -0.2) is 29.5 Å². The summed E-state index contributed by atoms with van der Waals surface area (Å²) in [7, 11) is 0. The molecule has 1 unspecified atom stereocenters. The van der Waals surface area contributed by atoms with Crippen LogP contribution < -0.4 is 10.2 Å². The van der Waals surface area contributed by atoms with Gasteiger partial charge >= 0.3 is 0 Å². The van der Waals surface area contributed by atoms with Crippen LogP contribution in [0.4, 0.5) is 15.8 Å². The summed E-state index contributed by atoms with van der Waals surface area (Å²) in [6.45, 7) is 4.29. The maximum atomic E-state index is 13.4. The Kier molecular flexibility index (Phi) is 3.99. The van der Waals surface area contributed by atoms with E-state index in [1.807, 2.05) is 13.8 Å². The maximum Gasteiger partial charge on any atom is 0.274 e. The number of nitro groups is 1. The Balaban J connectivity index is 2.25. The van der Waals surface area contributed by atoms with E-state index in [0.29, 0.717) is 13.0 Å². The standard InChI is InChI=1S/C13H16FN3O3/c1-8(2)15-12-3-4-16(13(12)18)10-5-9(14)6-11(7-10)17(19)20/h5-8,12,15H,3-4H2,1-2H3. The van der Waals surface area contributed by atoms with Crippen LogP contribution >= 0.6 is 0 Å². The average Bonchev–Trinajstić information content (AvgIpc) is 2.69. The number of carbonyl (C=O) groups excluding carboxylic acids is 1. The predicted molar refractivity (Wildman–Crippen MR) is 72.1 cm³/mol. The molecule has 1 heterocycles. The van der Waals surface area contributed by atoms with E-state index in [9.17, 15) is 19.3 Å². The first kappa shape index (κ1) is 14.4. The van der Waals surface area contributed by atoms with Crippen LogP contribution in [0.25, 0.3) is 0 Å². The van der Waals surface area contributed by atoms with Crippen LogP contribution in [0.3, 0.4) is 0 Å². The molecule has 1 aromatic rings. The van der Waals surface area contributed by atoms with Gasteiger partial charge in [0.15, 0.2) is 0 Å². The average molecular weight is 281 g/mol. The van der Waals surface area contributed by atoms with Gasteiger partial charge in [-0.3, -0.25) is 14.9 Å². The molecule has 1 fully saturated rings. The Labute approximate surface area is 115 Å². The quantitative estimate of drug-likeness (QED) is 0.675. The van der Waals surface area contributed by atoms with Gasteiger partial charge in [-0.15, -0.1) is 0 Å². The van der Waals surface area contributed by atoms with Crippen molar-refractivity contribution in [1.82, 2.24) is 5.32 Å². The van der Waals surface area contributed by atoms with Gasteiger partial charge < -0.3 is 10.2 Å². The fourth-order valence-electron chi connectivity index (χ4n) is 2.31. The number of anilines is 1. The second kappa shape index (κ2) is 5.54. The van der Waals surface area contributed by atoms with Crippen LogP contribution in [0.15, 0.2) is 18.2 Å². The van der Waals surface area contributed by atoms with Crippen LogP contribution in [0.5, 0.6) is 0 Å². The maximum absolute atomic E-state index is 13.4. The number of halogens is 1. The lowest BCUT2D eigenvalue weighted by Gasteiger charge is -2.18. The van der Waals surface area contributed by atoms with E-state index in [-0.39, 0.29) is 29.4 Å². The molecule has 0 bridgehead atoms. The molecule has 0 radical (unpaired) electrons. The molecule has 0 saturated carbocycles. The first-order valence-corrected chi connectivity index (χ1v) is 6.41. The molecule has 1 aliphatic heterocycles. The van der Waals surface area contributed by atoms with Gasteiger partial charge in [0, 0.05) is 18.7 Å². The Morgan fingerprint density at radius 3 is 2.75 bits per heavy atom. The topological polar surface area (TPSA) is 75.5 Å². The summed E-state index contributed by atoms with van der Waals surface area (Å²) in [6, 6.07) is 3.04. The molecule has 20 heavy (non-hydrogen) atoms. The third-order valence-electron chi connectivity index (χ3n) is 3.13. The predicted octanol–water partition coefficient (Wildman–Crippen LogP) is 1.84. The molecular weight excluding hydrogens is 265 g/mol. The van der Waals surface area contributed by atoms with Gasteiger partial charge in [0.2, 0.25) is 5.91 Å². The molecule has 6 nitrogen and oxygen atoms in total. The molecule has 1 atom stereocenters. The number of rotatable bonds is 4. The van der Waals surface area contributed by atoms with Crippen molar-refractivity contribution in [3.8, 4) is 0 Å². The van der Waals surface area contributed by atoms with Gasteiger partial charge in [-0.2, -0.15) is 0 Å². The number of nitro benzene ring substituents is 1. The van der Waals surface area contributed by atoms with Gasteiger partial charge in [0.1, 0.15) is 5.82 Å². The first-order chi connectivity index (χ1) is 9.38. The van der Waals surface area contributed by atoms with Gasteiger partial charge in [-0.25, -0.2) is 4.39 Å². The van der Waals surface area contributed by atoms with E-state index in [0.717, 1.165) is 12.1 Å². The highest BCUT2D eigenvalue weighted by atomic mass is 19.1. The van der Waals surface area contributed by atoms with Crippen molar-refractivity contribution in [3.05, 3.63) is 34.1 Å². The van der Waals surface area contributed by atoms with Crippen molar-refractivity contribution < 1.29 is 14.1 Å². The normalized spacial score (nSPS) is 18.9. The summed E-state index contributed by atoms with van der Waals surface area (Å²) in [4.78, 5) is 23.7. The summed E-state index contributed by atoms with van der Waals surface area (Å²) >= 11 is 0. The zero-order valence-corrected chi connectivity index (χ0v) is 11.3. The molecule has 1 aromatic carbocycles. The Morgan fingerprint density at radius 2 is 2.15 bits per heavy atom. The number of benzene rings is 1. The second-order valence-electron chi connectivity index (χ2n) is 5.08. The fraction of sp³-hybridized carbons (Fsp3) is 0.462. The van der Waals surface area contributed by atoms with E-state index < -0.39 is 10.7 Å². The molecule has 108 valence electrons. The largest absolute Gasteiger partial charge is 0.311 e. The zero-order valence-electron chi connectivity index (χ0n) is 11.3. The lowest BCUT2D eigenvalue weighted by Crippen LogP contribution is -2.41. The van der Waals surface area contributed by atoms with E-state index in [2.05, 4.69) is 5.32 Å². The molecule has 1 N–H and O–H groups in total. The van der Waals surface area contributed by atoms with Crippen LogP contribution in [0.1, 0.15) is 20.3 Å². The second-order valence-corrected chi connectivity index (χ2v) is 5.08. The molecule has 0 aliphatic carbocycles. The van der Waals surface area contributed by atoms with E-state index in [1.165, 1.54) is 11.0 Å². The van der Waals surface area contributed by atoms with Crippen LogP contribution in [-0.2, 0) is 4.79 Å². The summed E-state index contributed by atoms with van der Waals surface area (Å²) in [5.74, 6) is -0.902. The molecule has 7 heteroatoms. The van der Waals surface area contributed by atoms with Gasteiger partial charge in [0.05, 0.1) is 22.7 Å². The van der Waals surface area contributed by atoms with E-state index in [1.54, 1.807) is 0 Å². The minimum absolute atomic E-state index is 0.158. The number of hydrogen-bond acceptors (Lipinski definition) is 4. The number of non-ortho nitro benzene ring substituents is 1. The highest BCUT2D eigenvalue weighted by Gasteiger charge is 2.33. The zero-order chi connectivity index (χ0) is 14.9. The van der Waals surface area contributed by atoms with Crippen molar-refractivity contribution in [2.75, 3.05) is 11.4 Å². The molecule has 0 spiro atoms. The third kappa shape index (κ3) is 2.93. The molecule has 0 aromatic heterocycles. The van der Waals surface area contributed by atoms with Gasteiger partial charge in [-0.1, -0.05) is 13.8 Å². The van der Waals surface area contributed by atoms with Gasteiger partial charge in [-0.05, 0) is 12.5 Å². The van der Waals surface area contributed by atoms with Crippen molar-refractivity contribution in [2.45, 2.75) is 32.4 Å². The smallest absolute Gasteiger partial charge is 0.274 e. The Hall–Kier alpha value is -2.02. The van der Waals surface area contributed by atoms with Crippen LogP contribution in [0, 0.1) is 15.9 Å². The number of carbonyl (C=O) groups is 1. The lowest BCUT2D eigenvalue weighted by molar-refractivity contribution is -0.385. The first-order valence-electron chi connectivity index (χ1n) is 6.41. The highest BCUT2D eigenvalue weighted by molar-refractivity contribution is 5.99. The van der Waals surface area contributed by atoms with E-state index >= 15 is 0 Å². The summed E-state index contributed by atoms with van der Waals surface area (Å²) in [5, 5.41) is 13.9. The monoisotopic (exact) mass is 281 g/mol. The minimum atomic E-state index is -0.720. The van der Waals surface area contributed by atoms with Crippen molar-refractivity contribution in [2.24, 2.45) is 0 Å². The molecule has 1 aliphatic rings. The minimum Gasteiger partial charge on any atom is -0.311 e. The van der Waals surface area contributed by atoms with Crippen molar-refractivity contribution in [3.63, 3.8) is 0 Å². The van der Waals surface area contributed by atoms with Crippen molar-refractivity contribution in [1.29, 1.82) is 0 Å². The summed E-state index contributed by atoms with van der Waals surface area (Å²) in [6.07, 6.45) is 0.599. The Morgan fingerprint density at radius 1 is 1.45 bits per heavy atom. The van der Waals surface area contributed by atoms with Crippen LogP contribution in [0.2, 0.25) is 0 Å². The summed E-state index contributed by atoms with van der Waals surface area (Å²) < 4.78 is 13.4. The third-order valence-corrected chi connectivity index (χ3v) is 3.13. The SMILES string of the molecule is CC(C)NC1CCN(c2cc(F)cc([N+](=O)[O-])c2)C1=O. The van der Waals surface area contributed by atoms with Crippen molar-refractivity contribution >= 4 is 17.3 Å².